The monoisotopic (exact) mass is 298 g/mol. The van der Waals surface area contributed by atoms with Gasteiger partial charge < -0.3 is 11.1 Å². The van der Waals surface area contributed by atoms with Crippen LogP contribution in [0.5, 0.6) is 0 Å². The molecule has 0 aliphatic rings. The average molecular weight is 298 g/mol. The molecule has 1 heterocycles. The van der Waals surface area contributed by atoms with Crippen molar-refractivity contribution in [3.63, 3.8) is 0 Å². The van der Waals surface area contributed by atoms with Gasteiger partial charge in [0.1, 0.15) is 0 Å². The van der Waals surface area contributed by atoms with Crippen LogP contribution in [0.1, 0.15) is 16.8 Å². The molecule has 1 aromatic carbocycles. The Morgan fingerprint density at radius 3 is 2.82 bits per heavy atom. The van der Waals surface area contributed by atoms with E-state index in [0.717, 1.165) is 16.8 Å². The fourth-order valence-electron chi connectivity index (χ4n) is 2.31. The SMILES string of the molecule is C=CCn1cc(CN[C@@H](Cc2ccccc2)C(N)=O)c(C)n1. The van der Waals surface area contributed by atoms with E-state index in [4.69, 9.17) is 5.73 Å². The smallest absolute Gasteiger partial charge is 0.234 e. The van der Waals surface area contributed by atoms with Crippen molar-refractivity contribution in [2.24, 2.45) is 5.73 Å². The number of rotatable bonds is 8. The van der Waals surface area contributed by atoms with Gasteiger partial charge in [0, 0.05) is 18.3 Å². The van der Waals surface area contributed by atoms with E-state index in [2.05, 4.69) is 17.0 Å². The molecule has 0 radical (unpaired) electrons. The Kier molecular flexibility index (Phi) is 5.49. The molecular formula is C17H22N4O. The molecule has 0 saturated heterocycles. The number of hydrogen-bond donors (Lipinski definition) is 2. The van der Waals surface area contributed by atoms with Crippen LogP contribution < -0.4 is 11.1 Å². The molecule has 1 amide bonds. The quantitative estimate of drug-likeness (QED) is 0.726. The molecule has 1 aromatic heterocycles. The minimum Gasteiger partial charge on any atom is -0.368 e. The summed E-state index contributed by atoms with van der Waals surface area (Å²) < 4.78 is 1.83. The van der Waals surface area contributed by atoms with Gasteiger partial charge in [-0.25, -0.2) is 0 Å². The maximum atomic E-state index is 11.6. The Morgan fingerprint density at radius 1 is 1.45 bits per heavy atom. The first-order chi connectivity index (χ1) is 10.6. The lowest BCUT2D eigenvalue weighted by Crippen LogP contribution is -2.42. The number of nitrogens with zero attached hydrogens (tertiary/aromatic N) is 2. The number of nitrogens with two attached hydrogens (primary N) is 1. The number of carbonyl (C=O) groups is 1. The third kappa shape index (κ3) is 4.30. The summed E-state index contributed by atoms with van der Waals surface area (Å²) in [6.45, 7) is 6.88. The van der Waals surface area contributed by atoms with E-state index in [1.165, 1.54) is 0 Å². The van der Waals surface area contributed by atoms with E-state index in [1.54, 1.807) is 6.08 Å². The summed E-state index contributed by atoms with van der Waals surface area (Å²) in [7, 11) is 0. The number of hydrogen-bond acceptors (Lipinski definition) is 3. The van der Waals surface area contributed by atoms with Crippen LogP contribution in [0.3, 0.4) is 0 Å². The largest absolute Gasteiger partial charge is 0.368 e. The van der Waals surface area contributed by atoms with Crippen molar-refractivity contribution in [3.8, 4) is 0 Å². The molecule has 0 bridgehead atoms. The van der Waals surface area contributed by atoms with Gasteiger partial charge >= 0.3 is 0 Å². The van der Waals surface area contributed by atoms with Crippen LogP contribution in [0, 0.1) is 6.92 Å². The van der Waals surface area contributed by atoms with E-state index in [1.807, 2.05) is 48.1 Å². The summed E-state index contributed by atoms with van der Waals surface area (Å²) in [5.41, 5.74) is 8.58. The van der Waals surface area contributed by atoms with Gasteiger partial charge in [-0.05, 0) is 18.9 Å². The zero-order chi connectivity index (χ0) is 15.9. The molecule has 5 nitrogen and oxygen atoms in total. The van der Waals surface area contributed by atoms with Gasteiger partial charge in [0.2, 0.25) is 5.91 Å². The number of aryl methyl sites for hydroxylation is 1. The summed E-state index contributed by atoms with van der Waals surface area (Å²) in [4.78, 5) is 11.6. The second-order valence-corrected chi connectivity index (χ2v) is 5.28. The van der Waals surface area contributed by atoms with Crippen molar-refractivity contribution in [2.75, 3.05) is 0 Å². The minimum absolute atomic E-state index is 0.347. The highest BCUT2D eigenvalue weighted by molar-refractivity contribution is 5.80. The molecule has 0 saturated carbocycles. The lowest BCUT2D eigenvalue weighted by Gasteiger charge is -2.15. The van der Waals surface area contributed by atoms with Crippen molar-refractivity contribution in [3.05, 3.63) is 66.0 Å². The maximum absolute atomic E-state index is 11.6. The van der Waals surface area contributed by atoms with Gasteiger partial charge in [-0.1, -0.05) is 36.4 Å². The predicted octanol–water partition coefficient (Wildman–Crippen LogP) is 1.56. The van der Waals surface area contributed by atoms with Crippen molar-refractivity contribution in [1.82, 2.24) is 15.1 Å². The Morgan fingerprint density at radius 2 is 2.18 bits per heavy atom. The lowest BCUT2D eigenvalue weighted by molar-refractivity contribution is -0.120. The van der Waals surface area contributed by atoms with Gasteiger partial charge in [0.25, 0.3) is 0 Å². The standard InChI is InChI=1S/C17H22N4O/c1-3-9-21-12-15(13(2)20-21)11-19-16(17(18)22)10-14-7-5-4-6-8-14/h3-8,12,16,19H,1,9-11H2,2H3,(H2,18,22)/t16-/m0/s1. The second kappa shape index (κ2) is 7.56. The summed E-state index contributed by atoms with van der Waals surface area (Å²) in [5, 5.41) is 7.62. The number of carbonyl (C=O) groups excluding carboxylic acids is 1. The molecule has 22 heavy (non-hydrogen) atoms. The highest BCUT2D eigenvalue weighted by Gasteiger charge is 2.16. The fourth-order valence-corrected chi connectivity index (χ4v) is 2.31. The van der Waals surface area contributed by atoms with Crippen molar-refractivity contribution >= 4 is 5.91 Å². The third-order valence-electron chi connectivity index (χ3n) is 3.53. The Labute approximate surface area is 130 Å². The van der Waals surface area contributed by atoms with Gasteiger partial charge in [0.05, 0.1) is 18.3 Å². The summed E-state index contributed by atoms with van der Waals surface area (Å²) in [6, 6.07) is 9.45. The number of allylic oxidation sites excluding steroid dienone is 1. The van der Waals surface area contributed by atoms with Crippen LogP contribution in [0.25, 0.3) is 0 Å². The van der Waals surface area contributed by atoms with Crippen LogP contribution in [-0.4, -0.2) is 21.7 Å². The molecule has 1 atom stereocenters. The van der Waals surface area contributed by atoms with E-state index < -0.39 is 6.04 Å². The number of benzene rings is 1. The van der Waals surface area contributed by atoms with Gasteiger partial charge in [-0.3, -0.25) is 9.48 Å². The summed E-state index contributed by atoms with van der Waals surface area (Å²) in [5.74, 6) is -0.347. The van der Waals surface area contributed by atoms with Crippen LogP contribution in [0.15, 0.2) is 49.2 Å². The Hall–Kier alpha value is -2.40. The zero-order valence-electron chi connectivity index (χ0n) is 12.8. The average Bonchev–Trinajstić information content (AvgIpc) is 2.84. The van der Waals surface area contributed by atoms with Crippen molar-refractivity contribution in [1.29, 1.82) is 0 Å². The van der Waals surface area contributed by atoms with Crippen LogP contribution >= 0.6 is 0 Å². The molecule has 0 spiro atoms. The molecular weight excluding hydrogens is 276 g/mol. The molecule has 0 unspecified atom stereocenters. The molecule has 5 heteroatoms. The van der Waals surface area contributed by atoms with Gasteiger partial charge in [-0.15, -0.1) is 6.58 Å². The number of primary amides is 1. The molecule has 0 aliphatic carbocycles. The third-order valence-corrected chi connectivity index (χ3v) is 3.53. The van der Waals surface area contributed by atoms with E-state index in [-0.39, 0.29) is 5.91 Å². The zero-order valence-corrected chi connectivity index (χ0v) is 12.8. The highest BCUT2D eigenvalue weighted by Crippen LogP contribution is 2.08. The molecule has 0 aliphatic heterocycles. The number of aromatic nitrogens is 2. The first-order valence-electron chi connectivity index (χ1n) is 7.30. The van der Waals surface area contributed by atoms with E-state index in [9.17, 15) is 4.79 Å². The van der Waals surface area contributed by atoms with Crippen molar-refractivity contribution in [2.45, 2.75) is 32.5 Å². The predicted molar refractivity (Wildman–Crippen MR) is 87.1 cm³/mol. The molecule has 2 aromatic rings. The van der Waals surface area contributed by atoms with Crippen LogP contribution in [0.4, 0.5) is 0 Å². The normalized spacial score (nSPS) is 12.0. The van der Waals surface area contributed by atoms with Crippen LogP contribution in [0.2, 0.25) is 0 Å². The lowest BCUT2D eigenvalue weighted by atomic mass is 10.1. The van der Waals surface area contributed by atoms with Gasteiger partial charge in [0.15, 0.2) is 0 Å². The molecule has 3 N–H and O–H groups in total. The number of amides is 1. The second-order valence-electron chi connectivity index (χ2n) is 5.28. The van der Waals surface area contributed by atoms with Crippen molar-refractivity contribution < 1.29 is 4.79 Å². The Bertz CT molecular complexity index is 633. The summed E-state index contributed by atoms with van der Waals surface area (Å²) >= 11 is 0. The topological polar surface area (TPSA) is 72.9 Å². The fraction of sp³-hybridized carbons (Fsp3) is 0.294. The molecule has 116 valence electrons. The van der Waals surface area contributed by atoms with E-state index in [0.29, 0.717) is 19.5 Å². The van der Waals surface area contributed by atoms with E-state index >= 15 is 0 Å². The van der Waals surface area contributed by atoms with Gasteiger partial charge in [-0.2, -0.15) is 5.10 Å². The first-order valence-corrected chi connectivity index (χ1v) is 7.30. The molecule has 0 fully saturated rings. The van der Waals surface area contributed by atoms with Crippen LogP contribution in [-0.2, 0) is 24.3 Å². The molecule has 2 rings (SSSR count). The first kappa shape index (κ1) is 16.0. The summed E-state index contributed by atoms with van der Waals surface area (Å²) in [6.07, 6.45) is 4.34. The minimum atomic E-state index is -0.399. The Balaban J connectivity index is 2.00. The maximum Gasteiger partial charge on any atom is 0.234 e. The number of nitrogens with one attached hydrogen (secondary N) is 1. The highest BCUT2D eigenvalue weighted by atomic mass is 16.1.